The van der Waals surface area contributed by atoms with Gasteiger partial charge in [0.1, 0.15) is 5.82 Å². The lowest BCUT2D eigenvalue weighted by Gasteiger charge is -2.07. The zero-order chi connectivity index (χ0) is 13.2. The second-order valence-corrected chi connectivity index (χ2v) is 4.79. The number of H-pyrrole nitrogens is 1. The van der Waals surface area contributed by atoms with E-state index < -0.39 is 5.82 Å². The van der Waals surface area contributed by atoms with E-state index >= 15 is 0 Å². The molecule has 0 aliphatic rings. The second-order valence-electron chi connectivity index (χ2n) is 4.38. The van der Waals surface area contributed by atoms with Crippen molar-refractivity contribution in [2.24, 2.45) is 0 Å². The van der Waals surface area contributed by atoms with Gasteiger partial charge in [0.25, 0.3) is 0 Å². The number of hydrogen-bond acceptors (Lipinski definition) is 1. The molecule has 4 heteroatoms. The van der Waals surface area contributed by atoms with E-state index in [1.165, 1.54) is 11.5 Å². The van der Waals surface area contributed by atoms with Crippen LogP contribution < -0.4 is 5.32 Å². The van der Waals surface area contributed by atoms with Crippen LogP contribution in [0.2, 0.25) is 5.02 Å². The number of aromatic amines is 1. The molecule has 0 radical (unpaired) electrons. The molecular formula is C15H12ClFN2. The van der Waals surface area contributed by atoms with E-state index in [2.05, 4.69) is 22.4 Å². The minimum atomic E-state index is -0.402. The lowest BCUT2D eigenvalue weighted by atomic mass is 10.1. The topological polar surface area (TPSA) is 27.8 Å². The monoisotopic (exact) mass is 274 g/mol. The second kappa shape index (κ2) is 4.94. The minimum Gasteiger partial charge on any atom is -0.381 e. The van der Waals surface area contributed by atoms with Gasteiger partial charge in [0.15, 0.2) is 0 Å². The smallest absolute Gasteiger partial charge is 0.141 e. The third-order valence-corrected chi connectivity index (χ3v) is 3.32. The van der Waals surface area contributed by atoms with Crippen molar-refractivity contribution in [3.8, 4) is 0 Å². The van der Waals surface area contributed by atoms with Crippen LogP contribution in [0, 0.1) is 5.82 Å². The van der Waals surface area contributed by atoms with Gasteiger partial charge in [-0.1, -0.05) is 17.7 Å². The standard InChI is InChI=1S/C15H12ClFN2/c16-13-8-12(2-3-14(13)17)19-9-10-1-4-15-11(7-10)5-6-18-15/h1-8,18-19H,9H2. The largest absolute Gasteiger partial charge is 0.381 e. The number of halogens is 2. The first-order valence-corrected chi connectivity index (χ1v) is 6.35. The SMILES string of the molecule is Fc1ccc(NCc2ccc3[nH]ccc3c2)cc1Cl. The summed E-state index contributed by atoms with van der Waals surface area (Å²) < 4.78 is 13.0. The number of nitrogens with one attached hydrogen (secondary N) is 2. The van der Waals surface area contributed by atoms with Crippen LogP contribution in [0.15, 0.2) is 48.7 Å². The van der Waals surface area contributed by atoms with Gasteiger partial charge >= 0.3 is 0 Å². The van der Waals surface area contributed by atoms with E-state index in [9.17, 15) is 4.39 Å². The van der Waals surface area contributed by atoms with Crippen LogP contribution in [0.25, 0.3) is 10.9 Å². The summed E-state index contributed by atoms with van der Waals surface area (Å²) in [6.07, 6.45) is 1.92. The van der Waals surface area contributed by atoms with Crippen molar-refractivity contribution in [1.29, 1.82) is 0 Å². The third-order valence-electron chi connectivity index (χ3n) is 3.03. The highest BCUT2D eigenvalue weighted by atomic mass is 35.5. The zero-order valence-electron chi connectivity index (χ0n) is 10.1. The summed E-state index contributed by atoms with van der Waals surface area (Å²) in [4.78, 5) is 3.15. The van der Waals surface area contributed by atoms with Crippen molar-refractivity contribution in [2.75, 3.05) is 5.32 Å². The number of hydrogen-bond donors (Lipinski definition) is 2. The predicted octanol–water partition coefficient (Wildman–Crippen LogP) is 4.57. The highest BCUT2D eigenvalue weighted by Crippen LogP contribution is 2.20. The Morgan fingerprint density at radius 2 is 2.00 bits per heavy atom. The average molecular weight is 275 g/mol. The molecule has 1 aromatic heterocycles. The molecule has 0 saturated carbocycles. The van der Waals surface area contributed by atoms with Gasteiger partial charge in [-0.3, -0.25) is 0 Å². The zero-order valence-corrected chi connectivity index (χ0v) is 10.8. The van der Waals surface area contributed by atoms with Gasteiger partial charge in [0.2, 0.25) is 0 Å². The quantitative estimate of drug-likeness (QED) is 0.719. The van der Waals surface area contributed by atoms with Crippen molar-refractivity contribution in [1.82, 2.24) is 4.98 Å². The number of rotatable bonds is 3. The highest BCUT2D eigenvalue weighted by molar-refractivity contribution is 6.31. The molecule has 19 heavy (non-hydrogen) atoms. The van der Waals surface area contributed by atoms with Crippen LogP contribution >= 0.6 is 11.6 Å². The Labute approximate surface area is 115 Å². The summed E-state index contributed by atoms with van der Waals surface area (Å²) >= 11 is 5.74. The Morgan fingerprint density at radius 1 is 1.11 bits per heavy atom. The van der Waals surface area contributed by atoms with Crippen LogP contribution in [0.4, 0.5) is 10.1 Å². The maximum absolute atomic E-state index is 13.0. The van der Waals surface area contributed by atoms with Crippen molar-refractivity contribution < 1.29 is 4.39 Å². The van der Waals surface area contributed by atoms with Crippen LogP contribution in [-0.4, -0.2) is 4.98 Å². The van der Waals surface area contributed by atoms with Crippen molar-refractivity contribution in [3.63, 3.8) is 0 Å². The molecule has 1 heterocycles. The fraction of sp³-hybridized carbons (Fsp3) is 0.0667. The van der Waals surface area contributed by atoms with Gasteiger partial charge < -0.3 is 10.3 Å². The first kappa shape index (κ1) is 12.1. The first-order chi connectivity index (χ1) is 9.22. The molecule has 96 valence electrons. The summed E-state index contributed by atoms with van der Waals surface area (Å²) in [5.41, 5.74) is 3.08. The summed E-state index contributed by atoms with van der Waals surface area (Å²) in [6, 6.07) is 12.9. The van der Waals surface area contributed by atoms with Crippen molar-refractivity contribution >= 4 is 28.2 Å². The van der Waals surface area contributed by atoms with Gasteiger partial charge in [-0.15, -0.1) is 0 Å². The van der Waals surface area contributed by atoms with E-state index in [-0.39, 0.29) is 5.02 Å². The first-order valence-electron chi connectivity index (χ1n) is 5.97. The van der Waals surface area contributed by atoms with Gasteiger partial charge in [0.05, 0.1) is 5.02 Å². The molecule has 0 spiro atoms. The normalized spacial score (nSPS) is 10.8. The highest BCUT2D eigenvalue weighted by Gasteiger charge is 2.01. The van der Waals surface area contributed by atoms with Gasteiger partial charge in [-0.25, -0.2) is 4.39 Å². The number of fused-ring (bicyclic) bond motifs is 1. The number of benzene rings is 2. The van der Waals surface area contributed by atoms with Gasteiger partial charge in [-0.05, 0) is 47.3 Å². The van der Waals surface area contributed by atoms with Gasteiger partial charge in [0, 0.05) is 23.9 Å². The summed E-state index contributed by atoms with van der Waals surface area (Å²) in [5, 5.41) is 4.53. The Hall–Kier alpha value is -2.00. The molecule has 3 rings (SSSR count). The lowest BCUT2D eigenvalue weighted by Crippen LogP contribution is -1.99. The molecule has 0 unspecified atom stereocenters. The van der Waals surface area contributed by atoms with E-state index in [1.807, 2.05) is 18.3 Å². The van der Waals surface area contributed by atoms with Crippen LogP contribution in [0.3, 0.4) is 0 Å². The third kappa shape index (κ3) is 2.56. The Bertz CT molecular complexity index is 721. The molecule has 0 bridgehead atoms. The Morgan fingerprint density at radius 3 is 2.84 bits per heavy atom. The number of anilines is 1. The molecule has 0 fully saturated rings. The Kier molecular flexibility index (Phi) is 3.13. The van der Waals surface area contributed by atoms with Crippen molar-refractivity contribution in [2.45, 2.75) is 6.54 Å². The summed E-state index contributed by atoms with van der Waals surface area (Å²) in [7, 11) is 0. The van der Waals surface area contributed by atoms with Gasteiger partial charge in [-0.2, -0.15) is 0 Å². The minimum absolute atomic E-state index is 0.131. The lowest BCUT2D eigenvalue weighted by molar-refractivity contribution is 0.628. The molecule has 0 aliphatic carbocycles. The summed E-state index contributed by atoms with van der Waals surface area (Å²) in [5.74, 6) is -0.402. The predicted molar refractivity (Wildman–Crippen MR) is 77.0 cm³/mol. The van der Waals surface area contributed by atoms with E-state index in [0.717, 1.165) is 16.8 Å². The fourth-order valence-corrected chi connectivity index (χ4v) is 2.20. The molecule has 0 amide bonds. The molecule has 3 aromatic rings. The molecule has 0 atom stereocenters. The molecule has 2 aromatic carbocycles. The number of aromatic nitrogens is 1. The molecule has 2 nitrogen and oxygen atoms in total. The maximum atomic E-state index is 13.0. The fourth-order valence-electron chi connectivity index (χ4n) is 2.02. The maximum Gasteiger partial charge on any atom is 0.141 e. The van der Waals surface area contributed by atoms with Crippen LogP contribution in [0.5, 0.6) is 0 Å². The van der Waals surface area contributed by atoms with E-state index in [4.69, 9.17) is 11.6 Å². The van der Waals surface area contributed by atoms with Crippen LogP contribution in [-0.2, 0) is 6.54 Å². The average Bonchev–Trinajstić information content (AvgIpc) is 2.87. The molecule has 0 saturated heterocycles. The van der Waals surface area contributed by atoms with Crippen LogP contribution in [0.1, 0.15) is 5.56 Å². The van der Waals surface area contributed by atoms with E-state index in [0.29, 0.717) is 6.54 Å². The molecular weight excluding hydrogens is 263 g/mol. The molecule has 2 N–H and O–H groups in total. The van der Waals surface area contributed by atoms with E-state index in [1.54, 1.807) is 12.1 Å². The molecule has 0 aliphatic heterocycles. The Balaban J connectivity index is 1.75. The van der Waals surface area contributed by atoms with Crippen molar-refractivity contribution in [3.05, 3.63) is 65.1 Å². The summed E-state index contributed by atoms with van der Waals surface area (Å²) in [6.45, 7) is 0.670.